The number of pyridine rings is 1. The lowest BCUT2D eigenvalue weighted by Crippen LogP contribution is -2.04. The molecule has 6 nitrogen and oxygen atoms in total. The van der Waals surface area contributed by atoms with Crippen LogP contribution in [0, 0.1) is 0 Å². The summed E-state index contributed by atoms with van der Waals surface area (Å²) < 4.78 is 1.41. The smallest absolute Gasteiger partial charge is 0.338 e. The van der Waals surface area contributed by atoms with E-state index in [0.717, 1.165) is 5.69 Å². The Bertz CT molecular complexity index is 521. The molecule has 0 bridgehead atoms. The van der Waals surface area contributed by atoms with Crippen LogP contribution in [-0.4, -0.2) is 25.8 Å². The Labute approximate surface area is 91.3 Å². The molecule has 82 valence electrons. The highest BCUT2D eigenvalue weighted by atomic mass is 16.4. The maximum atomic E-state index is 10.7. The molecule has 3 N–H and O–H groups in total. The third kappa shape index (κ3) is 1.91. The van der Waals surface area contributed by atoms with Gasteiger partial charge in [0.15, 0.2) is 5.82 Å². The summed E-state index contributed by atoms with van der Waals surface area (Å²) >= 11 is 0. The Morgan fingerprint density at radius 3 is 2.94 bits per heavy atom. The highest BCUT2D eigenvalue weighted by molar-refractivity contribution is 5.86. The zero-order valence-electron chi connectivity index (χ0n) is 8.37. The van der Waals surface area contributed by atoms with Crippen LogP contribution in [0.5, 0.6) is 0 Å². The quantitative estimate of drug-likeness (QED) is 0.778. The lowest BCUT2D eigenvalue weighted by Gasteiger charge is -2.01. The summed E-state index contributed by atoms with van der Waals surface area (Å²) in [6.07, 6.45) is 2.68. The predicted octanol–water partition coefficient (Wildman–Crippen LogP) is 0.424. The van der Waals surface area contributed by atoms with E-state index in [1.165, 1.54) is 17.1 Å². The third-order valence-corrected chi connectivity index (χ3v) is 2.07. The van der Waals surface area contributed by atoms with Gasteiger partial charge in [0.25, 0.3) is 0 Å². The van der Waals surface area contributed by atoms with Crippen LogP contribution in [0.3, 0.4) is 0 Å². The molecule has 2 aromatic rings. The number of aromatic carboxylic acids is 1. The maximum absolute atomic E-state index is 10.7. The molecule has 0 atom stereocenters. The van der Waals surface area contributed by atoms with Crippen LogP contribution in [-0.2, 0) is 6.54 Å². The molecule has 0 aliphatic heterocycles. The zero-order valence-corrected chi connectivity index (χ0v) is 8.37. The van der Waals surface area contributed by atoms with E-state index in [1.54, 1.807) is 18.2 Å². The summed E-state index contributed by atoms with van der Waals surface area (Å²) in [5, 5.41) is 12.7. The molecule has 0 radical (unpaired) electrons. The van der Waals surface area contributed by atoms with Crippen LogP contribution in [0.15, 0.2) is 30.6 Å². The first-order valence-electron chi connectivity index (χ1n) is 4.65. The van der Waals surface area contributed by atoms with Crippen LogP contribution >= 0.6 is 0 Å². The van der Waals surface area contributed by atoms with Crippen molar-refractivity contribution in [3.8, 4) is 5.82 Å². The molecule has 0 fully saturated rings. The molecule has 0 amide bonds. The molecular weight excluding hydrogens is 208 g/mol. The number of nitrogens with zero attached hydrogens (tertiary/aromatic N) is 3. The monoisotopic (exact) mass is 218 g/mol. The van der Waals surface area contributed by atoms with Crippen LogP contribution in [0.1, 0.15) is 16.1 Å². The number of aromatic nitrogens is 3. The van der Waals surface area contributed by atoms with Crippen LogP contribution < -0.4 is 5.73 Å². The van der Waals surface area contributed by atoms with Crippen molar-refractivity contribution in [2.75, 3.05) is 0 Å². The summed E-state index contributed by atoms with van der Waals surface area (Å²) in [6.45, 7) is 0.334. The Kier molecular flexibility index (Phi) is 2.65. The molecule has 0 aliphatic rings. The molecule has 16 heavy (non-hydrogen) atoms. The van der Waals surface area contributed by atoms with Gasteiger partial charge in [-0.2, -0.15) is 5.10 Å². The first-order valence-corrected chi connectivity index (χ1v) is 4.65. The molecule has 0 spiro atoms. The fourth-order valence-electron chi connectivity index (χ4n) is 1.27. The van der Waals surface area contributed by atoms with E-state index in [0.29, 0.717) is 12.4 Å². The Hall–Kier alpha value is -2.21. The average molecular weight is 218 g/mol. The normalized spacial score (nSPS) is 10.3. The van der Waals surface area contributed by atoms with Crippen molar-refractivity contribution in [2.45, 2.75) is 6.54 Å². The van der Waals surface area contributed by atoms with Gasteiger partial charge in [-0.1, -0.05) is 6.07 Å². The molecule has 2 rings (SSSR count). The molecule has 0 aliphatic carbocycles. The Morgan fingerprint density at radius 1 is 1.50 bits per heavy atom. The van der Waals surface area contributed by atoms with Gasteiger partial charge in [-0.05, 0) is 12.1 Å². The van der Waals surface area contributed by atoms with E-state index in [-0.39, 0.29) is 5.56 Å². The van der Waals surface area contributed by atoms with Crippen LogP contribution in [0.4, 0.5) is 0 Å². The maximum Gasteiger partial charge on any atom is 0.338 e. The topological polar surface area (TPSA) is 94.0 Å². The molecule has 0 saturated carbocycles. The van der Waals surface area contributed by atoms with Gasteiger partial charge < -0.3 is 10.8 Å². The zero-order chi connectivity index (χ0) is 11.5. The van der Waals surface area contributed by atoms with Gasteiger partial charge in [-0.15, -0.1) is 0 Å². The standard InChI is InChI=1S/C10H10N4O2/c11-4-8-2-1-3-9(13-8)14-6-7(5-12-14)10(15)16/h1-3,5-6H,4,11H2,(H,15,16). The molecule has 0 aromatic carbocycles. The van der Waals surface area contributed by atoms with Gasteiger partial charge in [-0.25, -0.2) is 14.5 Å². The fraction of sp³-hybridized carbons (Fsp3) is 0.100. The summed E-state index contributed by atoms with van der Waals surface area (Å²) in [5.74, 6) is -0.461. The number of nitrogens with two attached hydrogens (primary N) is 1. The molecule has 2 aromatic heterocycles. The molecule has 2 heterocycles. The lowest BCUT2D eigenvalue weighted by atomic mass is 10.3. The minimum absolute atomic E-state index is 0.125. The summed E-state index contributed by atoms with van der Waals surface area (Å²) in [6, 6.07) is 5.33. The number of hydrogen-bond donors (Lipinski definition) is 2. The van der Waals surface area contributed by atoms with Gasteiger partial charge in [0.05, 0.1) is 17.5 Å². The van der Waals surface area contributed by atoms with Gasteiger partial charge in [-0.3, -0.25) is 0 Å². The number of carboxylic acids is 1. The van der Waals surface area contributed by atoms with E-state index in [1.807, 2.05) is 0 Å². The number of hydrogen-bond acceptors (Lipinski definition) is 4. The van der Waals surface area contributed by atoms with Crippen molar-refractivity contribution in [1.82, 2.24) is 14.8 Å². The molecular formula is C10H10N4O2. The second kappa shape index (κ2) is 4.11. The van der Waals surface area contributed by atoms with Gasteiger partial charge in [0.2, 0.25) is 0 Å². The van der Waals surface area contributed by atoms with Gasteiger partial charge in [0.1, 0.15) is 0 Å². The Morgan fingerprint density at radius 2 is 2.31 bits per heavy atom. The number of carbonyl (C=O) groups is 1. The summed E-state index contributed by atoms with van der Waals surface area (Å²) in [4.78, 5) is 14.9. The van der Waals surface area contributed by atoms with E-state index < -0.39 is 5.97 Å². The number of carboxylic acid groups (broad SMARTS) is 1. The molecule has 0 unspecified atom stereocenters. The first-order chi connectivity index (χ1) is 7.70. The van der Waals surface area contributed by atoms with Crippen molar-refractivity contribution in [3.05, 3.63) is 41.9 Å². The van der Waals surface area contributed by atoms with Crippen molar-refractivity contribution in [2.24, 2.45) is 5.73 Å². The van der Waals surface area contributed by atoms with Crippen molar-refractivity contribution in [1.29, 1.82) is 0 Å². The van der Waals surface area contributed by atoms with E-state index in [9.17, 15) is 4.79 Å². The first kappa shape index (κ1) is 10.3. The summed E-state index contributed by atoms with van der Waals surface area (Å²) in [5.41, 5.74) is 6.32. The second-order valence-electron chi connectivity index (χ2n) is 3.17. The minimum atomic E-state index is -1.01. The van der Waals surface area contributed by atoms with Crippen molar-refractivity contribution in [3.63, 3.8) is 0 Å². The van der Waals surface area contributed by atoms with Gasteiger partial charge >= 0.3 is 5.97 Å². The highest BCUT2D eigenvalue weighted by Gasteiger charge is 2.07. The number of rotatable bonds is 3. The second-order valence-corrected chi connectivity index (χ2v) is 3.17. The Balaban J connectivity index is 2.38. The third-order valence-electron chi connectivity index (χ3n) is 2.07. The van der Waals surface area contributed by atoms with Crippen molar-refractivity contribution >= 4 is 5.97 Å². The fourth-order valence-corrected chi connectivity index (χ4v) is 1.27. The van der Waals surface area contributed by atoms with E-state index in [4.69, 9.17) is 10.8 Å². The average Bonchev–Trinajstić information content (AvgIpc) is 2.78. The SMILES string of the molecule is NCc1cccc(-n2cc(C(=O)O)cn2)n1. The van der Waals surface area contributed by atoms with Crippen LogP contribution in [0.2, 0.25) is 0 Å². The minimum Gasteiger partial charge on any atom is -0.478 e. The lowest BCUT2D eigenvalue weighted by molar-refractivity contribution is 0.0697. The molecule has 6 heteroatoms. The highest BCUT2D eigenvalue weighted by Crippen LogP contribution is 2.06. The summed E-state index contributed by atoms with van der Waals surface area (Å²) in [7, 11) is 0. The van der Waals surface area contributed by atoms with E-state index in [2.05, 4.69) is 10.1 Å². The predicted molar refractivity (Wildman–Crippen MR) is 56.2 cm³/mol. The largest absolute Gasteiger partial charge is 0.478 e. The van der Waals surface area contributed by atoms with Gasteiger partial charge in [0, 0.05) is 12.7 Å². The van der Waals surface area contributed by atoms with E-state index >= 15 is 0 Å². The molecule has 0 saturated heterocycles. The van der Waals surface area contributed by atoms with Crippen LogP contribution in [0.25, 0.3) is 5.82 Å². The van der Waals surface area contributed by atoms with Crippen molar-refractivity contribution < 1.29 is 9.90 Å².